The molecule has 2 bridgehead atoms. The molecular weight excluding hydrogens is 460 g/mol. The van der Waals surface area contributed by atoms with Gasteiger partial charge >= 0.3 is 0 Å². The molecule has 2 aliphatic carbocycles. The van der Waals surface area contributed by atoms with E-state index in [1.54, 1.807) is 12.5 Å². The Balaban J connectivity index is 1.72. The lowest BCUT2D eigenvalue weighted by molar-refractivity contribution is -0.128. The monoisotopic (exact) mass is 490 g/mol. The van der Waals surface area contributed by atoms with Gasteiger partial charge in [0.15, 0.2) is 15.6 Å². The first-order chi connectivity index (χ1) is 14.0. The zero-order valence-corrected chi connectivity index (χ0v) is 21.0. The van der Waals surface area contributed by atoms with Crippen LogP contribution >= 0.6 is 10.3 Å². The minimum atomic E-state index is -4.04. The number of carbonyl (C=O) groups is 2. The summed E-state index contributed by atoms with van der Waals surface area (Å²) in [5.74, 6) is -0.609. The molecule has 0 radical (unpaired) electrons. The number of Topliss-reactive ketones (excluding diaryl/α,β-unsaturated/α-hetero) is 2. The molecule has 0 aromatic heterocycles. The van der Waals surface area contributed by atoms with Crippen LogP contribution in [0.1, 0.15) is 43.5 Å². The zero-order chi connectivity index (χ0) is 23.5. The highest BCUT2D eigenvalue weighted by atomic mass is 32.3. The molecule has 2 fully saturated rings. The number of benzene rings is 1. The number of hydrogen-bond donors (Lipinski definition) is 0. The molecule has 0 aliphatic heterocycles. The SMILES string of the molecule is CC1(C)C2CCC1(CS(=O)(=O)OS(C)(C)CC(=O)c1ccc(S(C)(=O)=O)cc1)C(=O)C2. The van der Waals surface area contributed by atoms with Crippen LogP contribution < -0.4 is 0 Å². The topological polar surface area (TPSA) is 112 Å². The normalized spacial score (nSPS) is 26.2. The van der Waals surface area contributed by atoms with Gasteiger partial charge in [-0.1, -0.05) is 26.0 Å². The summed E-state index contributed by atoms with van der Waals surface area (Å²) in [4.78, 5) is 25.4. The van der Waals surface area contributed by atoms with Gasteiger partial charge in [0.1, 0.15) is 5.78 Å². The van der Waals surface area contributed by atoms with Gasteiger partial charge in [0.25, 0.3) is 10.1 Å². The highest BCUT2D eigenvalue weighted by molar-refractivity contribution is 8.32. The standard InChI is InChI=1S/C21H30O7S3/c1-20(2)16-10-11-21(20,19(23)12-16)14-31(26,27)28-29(3,4)13-18(22)15-6-8-17(9-7-15)30(5,24)25/h6-9,16H,10-14H2,1-5H3. The van der Waals surface area contributed by atoms with E-state index in [1.165, 1.54) is 24.3 Å². The number of hydrogen-bond acceptors (Lipinski definition) is 7. The van der Waals surface area contributed by atoms with E-state index in [2.05, 4.69) is 0 Å². The van der Waals surface area contributed by atoms with E-state index in [0.717, 1.165) is 12.7 Å². The molecule has 2 unspecified atom stereocenters. The second-order valence-electron chi connectivity index (χ2n) is 9.74. The van der Waals surface area contributed by atoms with Crippen LogP contribution in [-0.2, 0) is 28.4 Å². The van der Waals surface area contributed by atoms with Crippen LogP contribution in [-0.4, -0.2) is 58.7 Å². The van der Waals surface area contributed by atoms with Gasteiger partial charge in [-0.05, 0) is 48.8 Å². The van der Waals surface area contributed by atoms with Crippen LogP contribution in [0.4, 0.5) is 0 Å². The van der Waals surface area contributed by atoms with Gasteiger partial charge in [0.2, 0.25) is 0 Å². The molecule has 1 aromatic rings. The average Bonchev–Trinajstić information content (AvgIpc) is 2.93. The summed E-state index contributed by atoms with van der Waals surface area (Å²) in [7, 11) is -9.72. The lowest BCUT2D eigenvalue weighted by Gasteiger charge is -2.37. The Bertz CT molecular complexity index is 1120. The number of fused-ring (bicyclic) bond motifs is 2. The summed E-state index contributed by atoms with van der Waals surface area (Å²) < 4.78 is 54.6. The van der Waals surface area contributed by atoms with Crippen molar-refractivity contribution in [3.63, 3.8) is 0 Å². The Morgan fingerprint density at radius 2 is 1.65 bits per heavy atom. The summed E-state index contributed by atoms with van der Waals surface area (Å²) in [5.41, 5.74) is -1.02. The van der Waals surface area contributed by atoms with Gasteiger partial charge < -0.3 is 0 Å². The quantitative estimate of drug-likeness (QED) is 0.515. The van der Waals surface area contributed by atoms with Crippen molar-refractivity contribution in [3.8, 4) is 0 Å². The third-order valence-electron chi connectivity index (χ3n) is 6.93. The van der Waals surface area contributed by atoms with Crippen molar-refractivity contribution in [1.29, 1.82) is 0 Å². The van der Waals surface area contributed by atoms with E-state index in [-0.39, 0.29) is 33.9 Å². The Kier molecular flexibility index (Phi) is 6.04. The lowest BCUT2D eigenvalue weighted by atomic mass is 9.70. The summed E-state index contributed by atoms with van der Waals surface area (Å²) in [6, 6.07) is 5.54. The molecule has 7 nitrogen and oxygen atoms in total. The van der Waals surface area contributed by atoms with E-state index in [0.29, 0.717) is 18.4 Å². The molecule has 0 N–H and O–H groups in total. The van der Waals surface area contributed by atoms with Gasteiger partial charge in [-0.2, -0.15) is 8.42 Å². The van der Waals surface area contributed by atoms with Crippen molar-refractivity contribution in [2.45, 2.75) is 38.0 Å². The fourth-order valence-corrected chi connectivity index (χ4v) is 10.4. The van der Waals surface area contributed by atoms with Gasteiger partial charge in [-0.25, -0.2) is 12.0 Å². The number of sulfone groups is 1. The number of ketones is 2. The predicted octanol–water partition coefficient (Wildman–Crippen LogP) is 2.99. The predicted molar refractivity (Wildman–Crippen MR) is 122 cm³/mol. The van der Waals surface area contributed by atoms with E-state index in [1.807, 2.05) is 13.8 Å². The van der Waals surface area contributed by atoms with Crippen molar-refractivity contribution in [2.24, 2.45) is 16.7 Å². The Hall–Kier alpha value is -1.23. The van der Waals surface area contributed by atoms with Crippen LogP contribution in [0.3, 0.4) is 0 Å². The van der Waals surface area contributed by atoms with Gasteiger partial charge in [-0.3, -0.25) is 9.59 Å². The van der Waals surface area contributed by atoms with E-state index in [9.17, 15) is 26.4 Å². The molecule has 10 heteroatoms. The van der Waals surface area contributed by atoms with Crippen molar-refractivity contribution < 1.29 is 30.1 Å². The van der Waals surface area contributed by atoms with Crippen molar-refractivity contribution in [3.05, 3.63) is 29.8 Å². The Labute approximate surface area is 186 Å². The van der Waals surface area contributed by atoms with Crippen LogP contribution in [0.5, 0.6) is 0 Å². The molecular formula is C21H30O7S3. The van der Waals surface area contributed by atoms with Crippen molar-refractivity contribution in [1.82, 2.24) is 0 Å². The lowest BCUT2D eigenvalue weighted by Crippen LogP contribution is -2.42. The molecule has 2 aliphatic rings. The fourth-order valence-electron chi connectivity index (χ4n) is 5.03. The Morgan fingerprint density at radius 1 is 1.06 bits per heavy atom. The number of carbonyl (C=O) groups excluding carboxylic acids is 2. The van der Waals surface area contributed by atoms with E-state index >= 15 is 0 Å². The smallest absolute Gasteiger partial charge is 0.277 e. The van der Waals surface area contributed by atoms with Crippen molar-refractivity contribution >= 4 is 41.8 Å². The Morgan fingerprint density at radius 3 is 2.10 bits per heavy atom. The molecule has 0 spiro atoms. The first kappa shape index (κ1) is 24.4. The van der Waals surface area contributed by atoms with Gasteiger partial charge in [-0.15, -0.1) is 10.3 Å². The van der Waals surface area contributed by atoms with Crippen LogP contribution in [0.15, 0.2) is 29.2 Å². The molecule has 1 aromatic carbocycles. The molecule has 3 rings (SSSR count). The summed E-state index contributed by atoms with van der Waals surface area (Å²) in [6.07, 6.45) is 6.09. The first-order valence-electron chi connectivity index (χ1n) is 10.0. The first-order valence-corrected chi connectivity index (χ1v) is 16.0. The maximum atomic E-state index is 13.0. The third-order valence-corrected chi connectivity index (χ3v) is 12.2. The van der Waals surface area contributed by atoms with E-state index in [4.69, 9.17) is 3.63 Å². The van der Waals surface area contributed by atoms with Gasteiger partial charge in [0.05, 0.1) is 21.8 Å². The number of rotatable bonds is 8. The minimum Gasteiger partial charge on any atom is -0.299 e. The molecule has 2 saturated carbocycles. The molecule has 31 heavy (non-hydrogen) atoms. The minimum absolute atomic E-state index is 0.00391. The molecule has 0 amide bonds. The van der Waals surface area contributed by atoms with Crippen LogP contribution in [0.2, 0.25) is 0 Å². The fraction of sp³-hybridized carbons (Fsp3) is 0.619. The molecule has 0 saturated heterocycles. The molecule has 2 atom stereocenters. The van der Waals surface area contributed by atoms with Gasteiger partial charge in [0, 0.05) is 18.2 Å². The second-order valence-corrected chi connectivity index (χ2v) is 16.9. The molecule has 174 valence electrons. The second kappa shape index (κ2) is 7.67. The van der Waals surface area contributed by atoms with Crippen LogP contribution in [0, 0.1) is 16.7 Å². The maximum Gasteiger partial charge on any atom is 0.277 e. The van der Waals surface area contributed by atoms with E-state index < -0.39 is 41.1 Å². The largest absolute Gasteiger partial charge is 0.299 e. The third kappa shape index (κ3) is 4.62. The van der Waals surface area contributed by atoms with Crippen LogP contribution in [0.25, 0.3) is 0 Å². The molecule has 0 heterocycles. The summed E-state index contributed by atoms with van der Waals surface area (Å²) >= 11 is 0. The highest BCUT2D eigenvalue weighted by Crippen LogP contribution is 2.64. The zero-order valence-electron chi connectivity index (χ0n) is 18.5. The maximum absolute atomic E-state index is 13.0. The highest BCUT2D eigenvalue weighted by Gasteiger charge is 2.65. The summed E-state index contributed by atoms with van der Waals surface area (Å²) in [6.45, 7) is 3.93. The summed E-state index contributed by atoms with van der Waals surface area (Å²) in [5, 5.41) is 0. The van der Waals surface area contributed by atoms with Crippen molar-refractivity contribution in [2.75, 3.05) is 30.3 Å². The average molecular weight is 491 g/mol.